The number of nitriles is 1. The molecule has 0 radical (unpaired) electrons. The quantitative estimate of drug-likeness (QED) is 0.759. The van der Waals surface area contributed by atoms with Crippen LogP contribution in [0.1, 0.15) is 53.7 Å². The van der Waals surface area contributed by atoms with E-state index in [0.717, 1.165) is 24.2 Å². The van der Waals surface area contributed by atoms with E-state index in [4.69, 9.17) is 26.7 Å². The molecule has 2 aliphatic rings. The number of aromatic nitrogens is 1. The number of methoxy groups -OCH3 is 1. The van der Waals surface area contributed by atoms with Crippen LogP contribution in [0.25, 0.3) is 0 Å². The number of carbonyl (C=O) groups is 1. The largest absolute Gasteiger partial charge is 0.480 e. The fraction of sp³-hybridized carbons (Fsp3) is 0.364. The van der Waals surface area contributed by atoms with Gasteiger partial charge in [-0.3, -0.25) is 5.01 Å². The van der Waals surface area contributed by atoms with Crippen molar-refractivity contribution < 1.29 is 14.6 Å². The number of hydrogen-bond acceptors (Lipinski definition) is 6. The van der Waals surface area contributed by atoms with Gasteiger partial charge in [-0.25, -0.2) is 9.78 Å². The average Bonchev–Trinajstić information content (AvgIpc) is 3.43. The number of ether oxygens (including phenoxy) is 1. The van der Waals surface area contributed by atoms with Gasteiger partial charge in [-0.1, -0.05) is 24.4 Å². The van der Waals surface area contributed by atoms with Crippen molar-refractivity contribution in [3.63, 3.8) is 0 Å². The lowest BCUT2D eigenvalue weighted by Gasteiger charge is -2.28. The van der Waals surface area contributed by atoms with E-state index in [2.05, 4.69) is 11.1 Å². The highest BCUT2D eigenvalue weighted by Crippen LogP contribution is 2.39. The summed E-state index contributed by atoms with van der Waals surface area (Å²) >= 11 is 6.27. The van der Waals surface area contributed by atoms with Gasteiger partial charge in [0, 0.05) is 6.42 Å². The van der Waals surface area contributed by atoms with Crippen LogP contribution in [0, 0.1) is 17.2 Å². The van der Waals surface area contributed by atoms with E-state index < -0.39 is 5.97 Å². The van der Waals surface area contributed by atoms with Crippen LogP contribution in [0.2, 0.25) is 5.02 Å². The minimum Gasteiger partial charge on any atom is -0.480 e. The maximum absolute atomic E-state index is 11.4. The Kier molecular flexibility index (Phi) is 5.60. The second-order valence-corrected chi connectivity index (χ2v) is 7.95. The van der Waals surface area contributed by atoms with Gasteiger partial charge >= 0.3 is 5.97 Å². The number of pyridine rings is 1. The van der Waals surface area contributed by atoms with E-state index in [-0.39, 0.29) is 17.5 Å². The van der Waals surface area contributed by atoms with Crippen LogP contribution in [0.5, 0.6) is 5.88 Å². The first kappa shape index (κ1) is 20.2. The Hall–Kier alpha value is -3.11. The van der Waals surface area contributed by atoms with Crippen LogP contribution in [0.4, 0.5) is 5.69 Å². The van der Waals surface area contributed by atoms with Crippen molar-refractivity contribution in [1.29, 1.82) is 5.26 Å². The van der Waals surface area contributed by atoms with Crippen molar-refractivity contribution in [2.24, 2.45) is 11.0 Å². The second kappa shape index (κ2) is 8.33. The number of anilines is 1. The summed E-state index contributed by atoms with van der Waals surface area (Å²) in [5.74, 6) is -0.516. The molecule has 4 rings (SSSR count). The first-order chi connectivity index (χ1) is 14.5. The molecular weight excluding hydrogens is 404 g/mol. The summed E-state index contributed by atoms with van der Waals surface area (Å²) in [5, 5.41) is 25.7. The molecule has 1 fully saturated rings. The van der Waals surface area contributed by atoms with Crippen molar-refractivity contribution in [2.75, 3.05) is 12.1 Å². The smallest absolute Gasteiger partial charge is 0.341 e. The van der Waals surface area contributed by atoms with Gasteiger partial charge in [-0.15, -0.1) is 0 Å². The number of carboxylic acids is 1. The molecule has 1 atom stereocenters. The van der Waals surface area contributed by atoms with Gasteiger partial charge in [0.05, 0.1) is 40.8 Å². The van der Waals surface area contributed by atoms with Crippen LogP contribution in [-0.4, -0.2) is 34.9 Å². The first-order valence-electron chi connectivity index (χ1n) is 9.87. The van der Waals surface area contributed by atoms with E-state index in [1.807, 2.05) is 11.1 Å². The molecule has 8 heteroatoms. The summed E-state index contributed by atoms with van der Waals surface area (Å²) in [6.45, 7) is 0. The van der Waals surface area contributed by atoms with E-state index in [9.17, 15) is 9.90 Å². The Labute approximate surface area is 179 Å². The average molecular weight is 425 g/mol. The van der Waals surface area contributed by atoms with E-state index in [0.29, 0.717) is 28.6 Å². The van der Waals surface area contributed by atoms with Crippen molar-refractivity contribution in [3.05, 3.63) is 52.2 Å². The Balaban J connectivity index is 1.72. The number of aromatic carboxylic acids is 1. The highest BCUT2D eigenvalue weighted by molar-refractivity contribution is 6.32. The fourth-order valence-electron chi connectivity index (χ4n) is 4.30. The molecule has 7 nitrogen and oxygen atoms in total. The third kappa shape index (κ3) is 3.71. The van der Waals surface area contributed by atoms with Crippen LogP contribution >= 0.6 is 11.6 Å². The van der Waals surface area contributed by atoms with E-state index in [1.54, 1.807) is 18.2 Å². The molecule has 154 valence electrons. The molecule has 1 saturated carbocycles. The van der Waals surface area contributed by atoms with Gasteiger partial charge < -0.3 is 9.84 Å². The molecule has 0 bridgehead atoms. The molecule has 1 aliphatic carbocycles. The lowest BCUT2D eigenvalue weighted by Crippen LogP contribution is -2.32. The zero-order valence-electron chi connectivity index (χ0n) is 16.5. The highest BCUT2D eigenvalue weighted by Gasteiger charge is 2.36. The van der Waals surface area contributed by atoms with Gasteiger partial charge in [-0.05, 0) is 49.1 Å². The third-order valence-corrected chi connectivity index (χ3v) is 6.12. The van der Waals surface area contributed by atoms with Gasteiger partial charge in [0.1, 0.15) is 11.6 Å². The predicted molar refractivity (Wildman–Crippen MR) is 113 cm³/mol. The Morgan fingerprint density at radius 3 is 2.70 bits per heavy atom. The standard InChI is InChI=1S/C22H21ClN4O3/c1-30-21-16(22(28)29)8-9-18(25-21)19-11-20(13-4-2-3-5-13)27(26-19)15-7-6-14(12-24)17(23)10-15/h6-10,13,20H,2-5,11H2,1H3,(H,28,29)/t20-/m1/s1. The van der Waals surface area contributed by atoms with E-state index >= 15 is 0 Å². The van der Waals surface area contributed by atoms with Gasteiger partial charge in [-0.2, -0.15) is 10.4 Å². The molecule has 0 unspecified atom stereocenters. The first-order valence-corrected chi connectivity index (χ1v) is 10.2. The number of nitrogens with zero attached hydrogens (tertiary/aromatic N) is 4. The van der Waals surface area contributed by atoms with Crippen LogP contribution in [-0.2, 0) is 0 Å². The number of halogens is 1. The highest BCUT2D eigenvalue weighted by atomic mass is 35.5. The molecule has 30 heavy (non-hydrogen) atoms. The van der Waals surface area contributed by atoms with Crippen LogP contribution < -0.4 is 9.75 Å². The Bertz CT molecular complexity index is 1060. The zero-order valence-corrected chi connectivity index (χ0v) is 17.3. The minimum absolute atomic E-state index is 0.0166. The molecule has 0 spiro atoms. The summed E-state index contributed by atoms with van der Waals surface area (Å²) in [6, 6.07) is 10.8. The van der Waals surface area contributed by atoms with E-state index in [1.165, 1.54) is 26.0 Å². The molecule has 0 amide bonds. The topological polar surface area (TPSA) is 98.8 Å². The Morgan fingerprint density at radius 1 is 1.30 bits per heavy atom. The van der Waals surface area contributed by atoms with Crippen LogP contribution in [0.15, 0.2) is 35.4 Å². The predicted octanol–water partition coefficient (Wildman–Crippen LogP) is 4.49. The van der Waals surface area contributed by atoms with Gasteiger partial charge in [0.2, 0.25) is 5.88 Å². The van der Waals surface area contributed by atoms with Crippen molar-refractivity contribution in [3.8, 4) is 11.9 Å². The maximum atomic E-state index is 11.4. The zero-order chi connectivity index (χ0) is 21.3. The van der Waals surface area contributed by atoms with Crippen molar-refractivity contribution in [2.45, 2.75) is 38.1 Å². The molecule has 2 aromatic rings. The molecule has 2 heterocycles. The lowest BCUT2D eigenvalue weighted by molar-refractivity contribution is 0.0692. The fourth-order valence-corrected chi connectivity index (χ4v) is 4.52. The van der Waals surface area contributed by atoms with Crippen molar-refractivity contribution >= 4 is 29.0 Å². The summed E-state index contributed by atoms with van der Waals surface area (Å²) in [5.41, 5.74) is 2.66. The summed E-state index contributed by atoms with van der Waals surface area (Å²) in [7, 11) is 1.40. The molecule has 1 aliphatic heterocycles. The molecular formula is C22H21ClN4O3. The summed E-state index contributed by atoms with van der Waals surface area (Å²) in [4.78, 5) is 15.8. The number of benzene rings is 1. The second-order valence-electron chi connectivity index (χ2n) is 7.54. The van der Waals surface area contributed by atoms with Crippen molar-refractivity contribution in [1.82, 2.24) is 4.98 Å². The third-order valence-electron chi connectivity index (χ3n) is 5.81. The summed E-state index contributed by atoms with van der Waals surface area (Å²) in [6.07, 6.45) is 5.39. The van der Waals surface area contributed by atoms with Crippen LogP contribution in [0.3, 0.4) is 0 Å². The minimum atomic E-state index is -1.09. The molecule has 1 aromatic carbocycles. The van der Waals surface area contributed by atoms with Gasteiger partial charge in [0.25, 0.3) is 0 Å². The number of carboxylic acid groups (broad SMARTS) is 1. The number of rotatable bonds is 5. The normalized spacial score (nSPS) is 18.9. The molecule has 0 saturated heterocycles. The lowest BCUT2D eigenvalue weighted by atomic mass is 9.93. The maximum Gasteiger partial charge on any atom is 0.341 e. The molecule has 1 aromatic heterocycles. The number of hydrazone groups is 1. The Morgan fingerprint density at radius 2 is 2.07 bits per heavy atom. The summed E-state index contributed by atoms with van der Waals surface area (Å²) < 4.78 is 5.18. The molecule has 1 N–H and O–H groups in total. The number of hydrogen-bond donors (Lipinski definition) is 1. The SMILES string of the molecule is COc1nc(C2=NN(c3ccc(C#N)c(Cl)c3)[C@@H](C3CCCC3)C2)ccc1C(=O)O. The monoisotopic (exact) mass is 424 g/mol. The van der Waals surface area contributed by atoms with Gasteiger partial charge in [0.15, 0.2) is 0 Å².